The number of thiophene rings is 1. The molecule has 1 atom stereocenters. The van der Waals surface area contributed by atoms with Crippen LogP contribution >= 0.6 is 11.3 Å². The number of carbonyl (C=O) groups is 2. The van der Waals surface area contributed by atoms with Crippen LogP contribution in [-0.4, -0.2) is 78.3 Å². The highest BCUT2D eigenvalue weighted by Crippen LogP contribution is 2.34. The van der Waals surface area contributed by atoms with E-state index in [1.807, 2.05) is 31.4 Å². The second-order valence-corrected chi connectivity index (χ2v) is 10.2. The molecule has 0 saturated carbocycles. The maximum absolute atomic E-state index is 13.6. The molecule has 1 aromatic heterocycles. The van der Waals surface area contributed by atoms with Gasteiger partial charge in [-0.2, -0.15) is 5.10 Å². The van der Waals surface area contributed by atoms with Gasteiger partial charge in [0.15, 0.2) is 0 Å². The molecule has 1 saturated heterocycles. The number of hydrazone groups is 1. The van der Waals surface area contributed by atoms with E-state index in [0.29, 0.717) is 26.2 Å². The minimum Gasteiger partial charge on any atom is -0.379 e. The van der Waals surface area contributed by atoms with Crippen molar-refractivity contribution < 1.29 is 14.3 Å². The average Bonchev–Trinajstić information content (AvgIpc) is 3.52. The molecule has 182 valence electrons. The smallest absolute Gasteiger partial charge is 0.262 e. The normalized spacial score (nSPS) is 18.9. The lowest BCUT2D eigenvalue weighted by molar-refractivity contribution is -0.143. The van der Waals surface area contributed by atoms with E-state index in [1.165, 1.54) is 5.56 Å². The predicted octanol–water partition coefficient (Wildman–Crippen LogP) is 3.55. The van der Waals surface area contributed by atoms with E-state index in [1.54, 1.807) is 21.2 Å². The van der Waals surface area contributed by atoms with Gasteiger partial charge in [-0.25, -0.2) is 5.01 Å². The molecule has 4 rings (SSSR count). The zero-order valence-corrected chi connectivity index (χ0v) is 21.1. The number of rotatable bonds is 8. The molecule has 2 aliphatic rings. The monoisotopic (exact) mass is 482 g/mol. The van der Waals surface area contributed by atoms with Crippen molar-refractivity contribution in [3.05, 3.63) is 57.8 Å². The molecular formula is C26H34N4O3S. The van der Waals surface area contributed by atoms with Gasteiger partial charge in [0.1, 0.15) is 6.54 Å². The first-order chi connectivity index (χ1) is 16.4. The van der Waals surface area contributed by atoms with Crippen LogP contribution in [0.1, 0.15) is 42.3 Å². The molecule has 7 nitrogen and oxygen atoms in total. The van der Waals surface area contributed by atoms with Crippen LogP contribution in [0.2, 0.25) is 0 Å². The third-order valence-corrected chi connectivity index (χ3v) is 7.27. The van der Waals surface area contributed by atoms with Crippen molar-refractivity contribution in [2.45, 2.75) is 33.2 Å². The number of amides is 2. The highest BCUT2D eigenvalue weighted by molar-refractivity contribution is 7.12. The van der Waals surface area contributed by atoms with Crippen LogP contribution in [0.3, 0.4) is 0 Å². The standard InChI is InChI=1S/C26H34N4O3S/c1-19(2)26(32)29(11-10-28-12-14-33-15-13-28)18-25(31)30-23(21-8-6-20(3)7-9-21)17-22(27-30)24-5-4-16-34-24/h4-9,16,19,23H,10-15,17-18H2,1-3H3/t23-/m0/s1. The zero-order valence-electron chi connectivity index (χ0n) is 20.3. The van der Waals surface area contributed by atoms with E-state index in [-0.39, 0.29) is 30.3 Å². The fourth-order valence-corrected chi connectivity index (χ4v) is 5.06. The SMILES string of the molecule is Cc1ccc([C@@H]2CC(c3cccs3)=NN2C(=O)CN(CCN2CCOCC2)C(=O)C(C)C)cc1. The van der Waals surface area contributed by atoms with Gasteiger partial charge in [-0.1, -0.05) is 49.7 Å². The lowest BCUT2D eigenvalue weighted by atomic mass is 10.00. The number of hydrogen-bond acceptors (Lipinski definition) is 6. The number of benzene rings is 1. The first-order valence-corrected chi connectivity index (χ1v) is 12.9. The number of aryl methyl sites for hydroxylation is 1. The summed E-state index contributed by atoms with van der Waals surface area (Å²) in [6.07, 6.45) is 0.668. The van der Waals surface area contributed by atoms with Crippen molar-refractivity contribution in [1.82, 2.24) is 14.8 Å². The Hall–Kier alpha value is -2.55. The molecule has 0 aliphatic carbocycles. The number of ether oxygens (including phenoxy) is 1. The van der Waals surface area contributed by atoms with Crippen LogP contribution in [0.5, 0.6) is 0 Å². The predicted molar refractivity (Wildman–Crippen MR) is 135 cm³/mol. The Balaban J connectivity index is 1.52. The summed E-state index contributed by atoms with van der Waals surface area (Å²) >= 11 is 1.63. The van der Waals surface area contributed by atoms with E-state index in [9.17, 15) is 9.59 Å². The van der Waals surface area contributed by atoms with Crippen LogP contribution in [0, 0.1) is 12.8 Å². The summed E-state index contributed by atoms with van der Waals surface area (Å²) in [7, 11) is 0. The summed E-state index contributed by atoms with van der Waals surface area (Å²) in [5.41, 5.74) is 3.16. The average molecular weight is 483 g/mol. The van der Waals surface area contributed by atoms with E-state index in [0.717, 1.165) is 35.8 Å². The summed E-state index contributed by atoms with van der Waals surface area (Å²) in [4.78, 5) is 31.6. The Labute approximate surface area is 206 Å². The van der Waals surface area contributed by atoms with Gasteiger partial charge in [-0.3, -0.25) is 14.5 Å². The van der Waals surface area contributed by atoms with Crippen molar-refractivity contribution in [3.63, 3.8) is 0 Å². The van der Waals surface area contributed by atoms with Crippen LogP contribution in [0.15, 0.2) is 46.9 Å². The van der Waals surface area contributed by atoms with Crippen LogP contribution < -0.4 is 0 Å². The fourth-order valence-electron chi connectivity index (χ4n) is 4.33. The highest BCUT2D eigenvalue weighted by atomic mass is 32.1. The maximum Gasteiger partial charge on any atom is 0.262 e. The molecule has 2 amide bonds. The van der Waals surface area contributed by atoms with Gasteiger partial charge in [-0.05, 0) is 23.9 Å². The molecule has 2 aromatic rings. The molecule has 3 heterocycles. The molecule has 34 heavy (non-hydrogen) atoms. The lowest BCUT2D eigenvalue weighted by Crippen LogP contribution is -2.47. The van der Waals surface area contributed by atoms with Crippen molar-refractivity contribution in [3.8, 4) is 0 Å². The van der Waals surface area contributed by atoms with E-state index in [2.05, 4.69) is 36.1 Å². The first-order valence-electron chi connectivity index (χ1n) is 12.0. The minimum atomic E-state index is -0.172. The summed E-state index contributed by atoms with van der Waals surface area (Å²) in [6, 6.07) is 12.2. The van der Waals surface area contributed by atoms with Crippen molar-refractivity contribution >= 4 is 28.9 Å². The number of nitrogens with zero attached hydrogens (tertiary/aromatic N) is 4. The molecular weight excluding hydrogens is 448 g/mol. The molecule has 2 aliphatic heterocycles. The van der Waals surface area contributed by atoms with E-state index < -0.39 is 0 Å². The Kier molecular flexibility index (Phi) is 8.13. The lowest BCUT2D eigenvalue weighted by Gasteiger charge is -2.31. The van der Waals surface area contributed by atoms with E-state index in [4.69, 9.17) is 9.84 Å². The molecule has 0 radical (unpaired) electrons. The van der Waals surface area contributed by atoms with Gasteiger partial charge in [0.05, 0.1) is 29.8 Å². The quantitative estimate of drug-likeness (QED) is 0.577. The van der Waals surface area contributed by atoms with Gasteiger partial charge >= 0.3 is 0 Å². The number of hydrogen-bond donors (Lipinski definition) is 0. The van der Waals surface area contributed by atoms with Crippen molar-refractivity contribution in [2.75, 3.05) is 45.9 Å². The number of carbonyl (C=O) groups excluding carboxylic acids is 2. The van der Waals surface area contributed by atoms with E-state index >= 15 is 0 Å². The summed E-state index contributed by atoms with van der Waals surface area (Å²) in [5, 5.41) is 8.40. The second-order valence-electron chi connectivity index (χ2n) is 9.26. The molecule has 0 unspecified atom stereocenters. The second kappa shape index (κ2) is 11.3. The molecule has 1 fully saturated rings. The molecule has 8 heteroatoms. The summed E-state index contributed by atoms with van der Waals surface area (Å²) in [6.45, 7) is 10.2. The van der Waals surface area contributed by atoms with Crippen molar-refractivity contribution in [2.24, 2.45) is 11.0 Å². The number of morpholine rings is 1. The van der Waals surface area contributed by atoms with Crippen LogP contribution in [0.25, 0.3) is 0 Å². The Morgan fingerprint density at radius 3 is 2.56 bits per heavy atom. The summed E-state index contributed by atoms with van der Waals surface area (Å²) < 4.78 is 5.43. The zero-order chi connectivity index (χ0) is 24.1. The topological polar surface area (TPSA) is 65.5 Å². The molecule has 0 bridgehead atoms. The Morgan fingerprint density at radius 1 is 1.18 bits per heavy atom. The largest absolute Gasteiger partial charge is 0.379 e. The first kappa shape index (κ1) is 24.6. The van der Waals surface area contributed by atoms with Crippen molar-refractivity contribution in [1.29, 1.82) is 0 Å². The van der Waals surface area contributed by atoms with Crippen LogP contribution in [-0.2, 0) is 14.3 Å². The van der Waals surface area contributed by atoms with Gasteiger partial charge in [-0.15, -0.1) is 11.3 Å². The fraction of sp³-hybridized carbons (Fsp3) is 0.500. The molecule has 0 N–H and O–H groups in total. The Bertz CT molecular complexity index is 998. The highest BCUT2D eigenvalue weighted by Gasteiger charge is 2.35. The van der Waals surface area contributed by atoms with Gasteiger partial charge in [0, 0.05) is 38.5 Å². The van der Waals surface area contributed by atoms with Gasteiger partial charge < -0.3 is 9.64 Å². The Morgan fingerprint density at radius 2 is 1.91 bits per heavy atom. The third-order valence-electron chi connectivity index (χ3n) is 6.36. The third kappa shape index (κ3) is 5.92. The maximum atomic E-state index is 13.6. The minimum absolute atomic E-state index is 0.00449. The summed E-state index contributed by atoms with van der Waals surface area (Å²) in [5.74, 6) is -0.322. The van der Waals surface area contributed by atoms with Gasteiger partial charge in [0.2, 0.25) is 5.91 Å². The molecule has 0 spiro atoms. The van der Waals surface area contributed by atoms with Crippen LogP contribution in [0.4, 0.5) is 0 Å². The van der Waals surface area contributed by atoms with Gasteiger partial charge in [0.25, 0.3) is 5.91 Å². The molecule has 1 aromatic carbocycles.